The Morgan fingerprint density at radius 3 is 2.52 bits per heavy atom. The maximum absolute atomic E-state index is 11.1. The number of rotatable bonds is 9. The molecule has 118 valence electrons. The van der Waals surface area contributed by atoms with Crippen LogP contribution in [0.1, 0.15) is 25.5 Å². The summed E-state index contributed by atoms with van der Waals surface area (Å²) in [4.78, 5) is 21.1. The van der Waals surface area contributed by atoms with Crippen LogP contribution in [0.2, 0.25) is 0 Å². The standard InChI is InChI=1S/C13H24N6O2/c1-5-14-13-16-10(2)11(19(20)21)12(17-13)15-8-6-7-9-18(3)4/h5-9H2,1-4H3,(H2,14,15,16,17). The molecule has 0 bridgehead atoms. The fourth-order valence-electron chi connectivity index (χ4n) is 1.91. The topological polar surface area (TPSA) is 96.2 Å². The summed E-state index contributed by atoms with van der Waals surface area (Å²) in [5, 5.41) is 17.2. The van der Waals surface area contributed by atoms with E-state index in [-0.39, 0.29) is 11.5 Å². The lowest BCUT2D eigenvalue weighted by atomic mass is 10.3. The molecule has 0 aliphatic rings. The molecule has 0 spiro atoms. The van der Waals surface area contributed by atoms with Gasteiger partial charge in [0.1, 0.15) is 5.69 Å². The Labute approximate surface area is 125 Å². The van der Waals surface area contributed by atoms with Gasteiger partial charge in [0.2, 0.25) is 11.8 Å². The van der Waals surface area contributed by atoms with Crippen molar-refractivity contribution in [2.45, 2.75) is 26.7 Å². The molecule has 0 aliphatic carbocycles. The van der Waals surface area contributed by atoms with Crippen molar-refractivity contribution in [2.75, 3.05) is 44.4 Å². The van der Waals surface area contributed by atoms with Gasteiger partial charge in [-0.1, -0.05) is 0 Å². The van der Waals surface area contributed by atoms with Crippen LogP contribution in [0.25, 0.3) is 0 Å². The first-order valence-corrected chi connectivity index (χ1v) is 7.11. The van der Waals surface area contributed by atoms with Crippen LogP contribution < -0.4 is 10.6 Å². The molecule has 0 atom stereocenters. The zero-order chi connectivity index (χ0) is 15.8. The normalized spacial score (nSPS) is 10.7. The molecule has 0 aromatic carbocycles. The van der Waals surface area contributed by atoms with Crippen LogP contribution in [0, 0.1) is 17.0 Å². The number of anilines is 2. The third-order valence-corrected chi connectivity index (χ3v) is 2.90. The van der Waals surface area contributed by atoms with Crippen LogP contribution >= 0.6 is 0 Å². The van der Waals surface area contributed by atoms with E-state index in [0.717, 1.165) is 19.4 Å². The molecule has 0 fully saturated rings. The number of aromatic nitrogens is 2. The highest BCUT2D eigenvalue weighted by Crippen LogP contribution is 2.26. The quantitative estimate of drug-likeness (QED) is 0.408. The summed E-state index contributed by atoms with van der Waals surface area (Å²) in [5.74, 6) is 0.699. The molecule has 8 nitrogen and oxygen atoms in total. The Morgan fingerprint density at radius 2 is 1.95 bits per heavy atom. The molecule has 2 N–H and O–H groups in total. The van der Waals surface area contributed by atoms with E-state index in [2.05, 4.69) is 25.5 Å². The maximum atomic E-state index is 11.1. The van der Waals surface area contributed by atoms with Gasteiger partial charge in [0.15, 0.2) is 0 Å². The zero-order valence-electron chi connectivity index (χ0n) is 13.1. The van der Waals surface area contributed by atoms with Crippen LogP contribution in [-0.2, 0) is 0 Å². The number of nitro groups is 1. The maximum Gasteiger partial charge on any atom is 0.332 e. The predicted octanol–water partition coefficient (Wildman–Crippen LogP) is 1.88. The van der Waals surface area contributed by atoms with Crippen molar-refractivity contribution < 1.29 is 4.92 Å². The molecular weight excluding hydrogens is 272 g/mol. The molecule has 0 aliphatic heterocycles. The van der Waals surface area contributed by atoms with Gasteiger partial charge < -0.3 is 15.5 Å². The van der Waals surface area contributed by atoms with E-state index < -0.39 is 4.92 Å². The molecule has 1 aromatic heterocycles. The van der Waals surface area contributed by atoms with E-state index in [4.69, 9.17) is 0 Å². The lowest BCUT2D eigenvalue weighted by Crippen LogP contribution is -2.15. The van der Waals surface area contributed by atoms with Crippen molar-refractivity contribution >= 4 is 17.5 Å². The van der Waals surface area contributed by atoms with Crippen LogP contribution in [-0.4, -0.2) is 53.5 Å². The average molecular weight is 296 g/mol. The summed E-state index contributed by atoms with van der Waals surface area (Å²) in [6.07, 6.45) is 1.95. The molecule has 0 saturated carbocycles. The third kappa shape index (κ3) is 5.50. The van der Waals surface area contributed by atoms with Crippen molar-refractivity contribution in [1.82, 2.24) is 14.9 Å². The lowest BCUT2D eigenvalue weighted by Gasteiger charge is -2.11. The van der Waals surface area contributed by atoms with E-state index >= 15 is 0 Å². The molecular formula is C13H24N6O2. The highest BCUT2D eigenvalue weighted by atomic mass is 16.6. The van der Waals surface area contributed by atoms with Gasteiger partial charge in [-0.3, -0.25) is 10.1 Å². The van der Waals surface area contributed by atoms with Gasteiger partial charge in [-0.15, -0.1) is 0 Å². The molecule has 1 heterocycles. The first-order valence-electron chi connectivity index (χ1n) is 7.11. The molecule has 0 unspecified atom stereocenters. The Hall–Kier alpha value is -1.96. The second-order valence-corrected chi connectivity index (χ2v) is 5.05. The second-order valence-electron chi connectivity index (χ2n) is 5.05. The Bertz CT molecular complexity index is 478. The molecule has 21 heavy (non-hydrogen) atoms. The van der Waals surface area contributed by atoms with Crippen molar-refractivity contribution in [3.63, 3.8) is 0 Å². The highest BCUT2D eigenvalue weighted by Gasteiger charge is 2.21. The fourth-order valence-corrected chi connectivity index (χ4v) is 1.91. The van der Waals surface area contributed by atoms with Crippen molar-refractivity contribution in [1.29, 1.82) is 0 Å². The van der Waals surface area contributed by atoms with E-state index in [1.54, 1.807) is 6.92 Å². The van der Waals surface area contributed by atoms with Crippen LogP contribution in [0.15, 0.2) is 0 Å². The molecule has 0 radical (unpaired) electrons. The number of hydrogen-bond donors (Lipinski definition) is 2. The van der Waals surface area contributed by atoms with E-state index in [1.807, 2.05) is 21.0 Å². The minimum atomic E-state index is -0.437. The highest BCUT2D eigenvalue weighted by molar-refractivity contribution is 5.60. The Kier molecular flexibility index (Phi) is 6.80. The SMILES string of the molecule is CCNc1nc(C)c([N+](=O)[O-])c(NCCCCN(C)C)n1. The van der Waals surface area contributed by atoms with Gasteiger partial charge in [0.25, 0.3) is 0 Å². The van der Waals surface area contributed by atoms with Crippen LogP contribution in [0.3, 0.4) is 0 Å². The predicted molar refractivity (Wildman–Crippen MR) is 83.9 cm³/mol. The zero-order valence-corrected chi connectivity index (χ0v) is 13.1. The summed E-state index contributed by atoms with van der Waals surface area (Å²) in [6, 6.07) is 0. The summed E-state index contributed by atoms with van der Waals surface area (Å²) in [7, 11) is 4.05. The smallest absolute Gasteiger partial charge is 0.332 e. The van der Waals surface area contributed by atoms with Crippen LogP contribution in [0.5, 0.6) is 0 Å². The van der Waals surface area contributed by atoms with Gasteiger partial charge in [0, 0.05) is 13.1 Å². The minimum Gasteiger partial charge on any atom is -0.364 e. The fraction of sp³-hybridized carbons (Fsp3) is 0.692. The summed E-state index contributed by atoms with van der Waals surface area (Å²) in [6.45, 7) is 5.86. The molecule has 0 saturated heterocycles. The van der Waals surface area contributed by atoms with Gasteiger partial charge in [-0.2, -0.15) is 4.98 Å². The van der Waals surface area contributed by atoms with Gasteiger partial charge in [-0.05, 0) is 47.3 Å². The number of nitrogens with zero attached hydrogens (tertiary/aromatic N) is 4. The first-order chi connectivity index (χ1) is 9.95. The first kappa shape index (κ1) is 17.1. The lowest BCUT2D eigenvalue weighted by molar-refractivity contribution is -0.385. The number of aryl methyl sites for hydroxylation is 1. The van der Waals surface area contributed by atoms with Gasteiger partial charge in [-0.25, -0.2) is 4.98 Å². The summed E-state index contributed by atoms with van der Waals surface area (Å²) < 4.78 is 0. The number of unbranched alkanes of at least 4 members (excludes halogenated alkanes) is 1. The second kappa shape index (κ2) is 8.35. The van der Waals surface area contributed by atoms with E-state index in [1.165, 1.54) is 0 Å². The van der Waals surface area contributed by atoms with E-state index in [9.17, 15) is 10.1 Å². The monoisotopic (exact) mass is 296 g/mol. The van der Waals surface area contributed by atoms with Gasteiger partial charge in [0.05, 0.1) is 4.92 Å². The van der Waals surface area contributed by atoms with E-state index in [0.29, 0.717) is 24.7 Å². The molecule has 0 amide bonds. The Balaban J connectivity index is 2.75. The number of hydrogen-bond acceptors (Lipinski definition) is 7. The minimum absolute atomic E-state index is 0.0516. The van der Waals surface area contributed by atoms with Gasteiger partial charge >= 0.3 is 5.69 Å². The van der Waals surface area contributed by atoms with Crippen LogP contribution in [0.4, 0.5) is 17.5 Å². The average Bonchev–Trinajstić information content (AvgIpc) is 2.37. The molecule has 1 aromatic rings. The molecule has 1 rings (SSSR count). The van der Waals surface area contributed by atoms with Crippen molar-refractivity contribution in [3.8, 4) is 0 Å². The summed E-state index contributed by atoms with van der Waals surface area (Å²) >= 11 is 0. The van der Waals surface area contributed by atoms with Crippen molar-refractivity contribution in [2.24, 2.45) is 0 Å². The van der Waals surface area contributed by atoms with Crippen molar-refractivity contribution in [3.05, 3.63) is 15.8 Å². The summed E-state index contributed by atoms with van der Waals surface area (Å²) in [5.41, 5.74) is 0.311. The Morgan fingerprint density at radius 1 is 1.24 bits per heavy atom. The number of nitrogens with one attached hydrogen (secondary N) is 2. The third-order valence-electron chi connectivity index (χ3n) is 2.90. The largest absolute Gasteiger partial charge is 0.364 e. The molecule has 8 heteroatoms.